The largest absolute Gasteiger partial charge is 0.444 e. The minimum Gasteiger partial charge on any atom is -0.444 e. The Balaban J connectivity index is 2.21. The summed E-state index contributed by atoms with van der Waals surface area (Å²) in [5.74, 6) is 0.0667. The smallest absolute Gasteiger partial charge is 0.411 e. The summed E-state index contributed by atoms with van der Waals surface area (Å²) in [6.07, 6.45) is -0.0362. The first-order valence-corrected chi connectivity index (χ1v) is 6.46. The summed E-state index contributed by atoms with van der Waals surface area (Å²) in [6, 6.07) is 8.86. The summed E-state index contributed by atoms with van der Waals surface area (Å²) in [5.41, 5.74) is 0.292. The lowest BCUT2D eigenvalue weighted by Crippen LogP contribution is -2.37. The van der Waals surface area contributed by atoms with Crippen molar-refractivity contribution in [1.29, 1.82) is 0 Å². The summed E-state index contributed by atoms with van der Waals surface area (Å²) in [7, 11) is 0. The number of benzene rings is 1. The molecular formula is C15H19NO3. The van der Waals surface area contributed by atoms with E-state index in [1.165, 1.54) is 4.90 Å². The average Bonchev–Trinajstić information content (AvgIpc) is 2.70. The second kappa shape index (κ2) is 5.03. The molecular weight excluding hydrogens is 242 g/mol. The molecule has 102 valence electrons. The lowest BCUT2D eigenvalue weighted by atomic mass is 10.0. The fraction of sp³-hybridized carbons (Fsp3) is 0.467. The SMILES string of the molecule is CC(C)(C)OC(=O)N1CCC(=O)C1c1ccccc1. The molecule has 1 aliphatic rings. The van der Waals surface area contributed by atoms with E-state index in [2.05, 4.69) is 0 Å². The van der Waals surface area contributed by atoms with Crippen molar-refractivity contribution in [2.75, 3.05) is 6.54 Å². The van der Waals surface area contributed by atoms with E-state index in [9.17, 15) is 9.59 Å². The average molecular weight is 261 g/mol. The molecule has 1 aliphatic heterocycles. The number of Topliss-reactive ketones (excluding diaryl/α,β-unsaturated/α-hetero) is 1. The Hall–Kier alpha value is -1.84. The number of amides is 1. The van der Waals surface area contributed by atoms with Gasteiger partial charge in [0.25, 0.3) is 0 Å². The molecule has 1 saturated heterocycles. The van der Waals surface area contributed by atoms with Gasteiger partial charge in [-0.1, -0.05) is 30.3 Å². The lowest BCUT2D eigenvalue weighted by Gasteiger charge is -2.28. The van der Waals surface area contributed by atoms with Crippen molar-refractivity contribution in [2.24, 2.45) is 0 Å². The molecule has 0 saturated carbocycles. The first-order valence-electron chi connectivity index (χ1n) is 6.46. The quantitative estimate of drug-likeness (QED) is 0.780. The molecule has 1 fully saturated rings. The van der Waals surface area contributed by atoms with E-state index in [0.717, 1.165) is 5.56 Å². The van der Waals surface area contributed by atoms with Crippen LogP contribution in [0.1, 0.15) is 38.8 Å². The fourth-order valence-electron chi connectivity index (χ4n) is 2.19. The lowest BCUT2D eigenvalue weighted by molar-refractivity contribution is -0.120. The van der Waals surface area contributed by atoms with Gasteiger partial charge in [0.2, 0.25) is 0 Å². The van der Waals surface area contributed by atoms with E-state index in [1.54, 1.807) is 0 Å². The topological polar surface area (TPSA) is 46.6 Å². The molecule has 0 N–H and O–H groups in total. The number of ketones is 1. The van der Waals surface area contributed by atoms with E-state index in [0.29, 0.717) is 13.0 Å². The highest BCUT2D eigenvalue weighted by Gasteiger charge is 2.38. The second-order valence-corrected chi connectivity index (χ2v) is 5.70. The van der Waals surface area contributed by atoms with Crippen LogP contribution in [0.4, 0.5) is 4.79 Å². The summed E-state index contributed by atoms with van der Waals surface area (Å²) in [4.78, 5) is 25.7. The van der Waals surface area contributed by atoms with Gasteiger partial charge in [0, 0.05) is 13.0 Å². The number of nitrogens with zero attached hydrogens (tertiary/aromatic N) is 1. The predicted octanol–water partition coefficient (Wildman–Crippen LogP) is 2.94. The molecule has 0 bridgehead atoms. The zero-order valence-corrected chi connectivity index (χ0v) is 11.6. The van der Waals surface area contributed by atoms with Gasteiger partial charge in [-0.15, -0.1) is 0 Å². The van der Waals surface area contributed by atoms with Crippen LogP contribution in [0.5, 0.6) is 0 Å². The third-order valence-electron chi connectivity index (χ3n) is 2.96. The van der Waals surface area contributed by atoms with Crippen molar-refractivity contribution in [3.05, 3.63) is 35.9 Å². The van der Waals surface area contributed by atoms with Crippen LogP contribution in [0.15, 0.2) is 30.3 Å². The van der Waals surface area contributed by atoms with Crippen LogP contribution in [0.2, 0.25) is 0 Å². The fourth-order valence-corrected chi connectivity index (χ4v) is 2.19. The summed E-state index contributed by atoms with van der Waals surface area (Å²) in [5, 5.41) is 0. The van der Waals surface area contributed by atoms with E-state index < -0.39 is 17.7 Å². The van der Waals surface area contributed by atoms with Gasteiger partial charge in [0.05, 0.1) is 0 Å². The van der Waals surface area contributed by atoms with Crippen LogP contribution in [0, 0.1) is 0 Å². The van der Waals surface area contributed by atoms with E-state index >= 15 is 0 Å². The minimum atomic E-state index is -0.552. The van der Waals surface area contributed by atoms with Crippen molar-refractivity contribution in [3.63, 3.8) is 0 Å². The normalized spacial score (nSPS) is 19.6. The Morgan fingerprint density at radius 3 is 2.47 bits per heavy atom. The zero-order chi connectivity index (χ0) is 14.0. The number of likely N-dealkylation sites (tertiary alicyclic amines) is 1. The zero-order valence-electron chi connectivity index (χ0n) is 11.6. The van der Waals surface area contributed by atoms with Crippen molar-refractivity contribution >= 4 is 11.9 Å². The van der Waals surface area contributed by atoms with Crippen LogP contribution in [-0.4, -0.2) is 28.9 Å². The van der Waals surface area contributed by atoms with Crippen LogP contribution < -0.4 is 0 Å². The molecule has 1 aromatic carbocycles. The van der Waals surface area contributed by atoms with Crippen LogP contribution in [0.3, 0.4) is 0 Å². The van der Waals surface area contributed by atoms with Crippen LogP contribution >= 0.6 is 0 Å². The highest BCUT2D eigenvalue weighted by Crippen LogP contribution is 2.30. The molecule has 1 atom stereocenters. The van der Waals surface area contributed by atoms with Gasteiger partial charge in [0.15, 0.2) is 5.78 Å². The Labute approximate surface area is 113 Å². The Bertz CT molecular complexity index is 476. The molecule has 0 spiro atoms. The first kappa shape index (κ1) is 13.6. The predicted molar refractivity (Wildman–Crippen MR) is 71.7 cm³/mol. The highest BCUT2D eigenvalue weighted by atomic mass is 16.6. The van der Waals surface area contributed by atoms with Gasteiger partial charge in [-0.3, -0.25) is 9.69 Å². The van der Waals surface area contributed by atoms with Crippen molar-refractivity contribution in [2.45, 2.75) is 38.8 Å². The number of carbonyl (C=O) groups is 2. The number of carbonyl (C=O) groups excluding carboxylic acids is 2. The van der Waals surface area contributed by atoms with Gasteiger partial charge in [-0.25, -0.2) is 4.79 Å². The summed E-state index contributed by atoms with van der Waals surface area (Å²) >= 11 is 0. The van der Waals surface area contributed by atoms with Gasteiger partial charge in [0.1, 0.15) is 11.6 Å². The molecule has 4 nitrogen and oxygen atoms in total. The van der Waals surface area contributed by atoms with E-state index in [-0.39, 0.29) is 5.78 Å². The van der Waals surface area contributed by atoms with Gasteiger partial charge < -0.3 is 4.74 Å². The Morgan fingerprint density at radius 2 is 1.89 bits per heavy atom. The standard InChI is InChI=1S/C15H19NO3/c1-15(2,3)19-14(18)16-10-9-12(17)13(16)11-7-5-4-6-8-11/h4-8,13H,9-10H2,1-3H3. The molecule has 1 aromatic rings. The highest BCUT2D eigenvalue weighted by molar-refractivity contribution is 5.91. The molecule has 1 amide bonds. The van der Waals surface area contributed by atoms with Crippen LogP contribution in [-0.2, 0) is 9.53 Å². The molecule has 4 heteroatoms. The molecule has 0 aromatic heterocycles. The maximum Gasteiger partial charge on any atom is 0.411 e. The van der Waals surface area contributed by atoms with E-state index in [1.807, 2.05) is 51.1 Å². The monoisotopic (exact) mass is 261 g/mol. The number of rotatable bonds is 1. The molecule has 19 heavy (non-hydrogen) atoms. The van der Waals surface area contributed by atoms with Gasteiger partial charge in [-0.05, 0) is 26.3 Å². The molecule has 0 radical (unpaired) electrons. The number of ether oxygens (including phenoxy) is 1. The minimum absolute atomic E-state index is 0.0667. The maximum atomic E-state index is 12.1. The summed E-state index contributed by atoms with van der Waals surface area (Å²) < 4.78 is 5.36. The van der Waals surface area contributed by atoms with Crippen molar-refractivity contribution < 1.29 is 14.3 Å². The Morgan fingerprint density at radius 1 is 1.26 bits per heavy atom. The molecule has 2 rings (SSSR count). The Kier molecular flexibility index (Phi) is 3.60. The van der Waals surface area contributed by atoms with Crippen LogP contribution in [0.25, 0.3) is 0 Å². The second-order valence-electron chi connectivity index (χ2n) is 5.70. The third kappa shape index (κ3) is 3.13. The molecule has 1 heterocycles. The van der Waals surface area contributed by atoms with Gasteiger partial charge >= 0.3 is 6.09 Å². The number of hydrogen-bond donors (Lipinski definition) is 0. The van der Waals surface area contributed by atoms with Crippen molar-refractivity contribution in [3.8, 4) is 0 Å². The first-order chi connectivity index (χ1) is 8.88. The van der Waals surface area contributed by atoms with Crippen molar-refractivity contribution in [1.82, 2.24) is 4.90 Å². The number of hydrogen-bond acceptors (Lipinski definition) is 3. The van der Waals surface area contributed by atoms with Gasteiger partial charge in [-0.2, -0.15) is 0 Å². The third-order valence-corrected chi connectivity index (χ3v) is 2.96. The summed E-state index contributed by atoms with van der Waals surface area (Å²) in [6.45, 7) is 5.88. The van der Waals surface area contributed by atoms with E-state index in [4.69, 9.17) is 4.74 Å². The molecule has 1 unspecified atom stereocenters. The maximum absolute atomic E-state index is 12.1. The molecule has 0 aliphatic carbocycles.